The van der Waals surface area contributed by atoms with Gasteiger partial charge >= 0.3 is 0 Å². The van der Waals surface area contributed by atoms with E-state index in [2.05, 4.69) is 5.32 Å². The van der Waals surface area contributed by atoms with Gasteiger partial charge in [0.2, 0.25) is 17.7 Å². The summed E-state index contributed by atoms with van der Waals surface area (Å²) >= 11 is 0. The second kappa shape index (κ2) is 6.74. The predicted octanol–water partition coefficient (Wildman–Crippen LogP) is 1.10. The number of methoxy groups -OCH3 is 1. The molecule has 0 radical (unpaired) electrons. The highest BCUT2D eigenvalue weighted by Gasteiger charge is 2.58. The van der Waals surface area contributed by atoms with Gasteiger partial charge in [-0.15, -0.1) is 0 Å². The van der Waals surface area contributed by atoms with Gasteiger partial charge in [0.1, 0.15) is 11.2 Å². The van der Waals surface area contributed by atoms with E-state index in [-0.39, 0.29) is 17.7 Å². The first-order chi connectivity index (χ1) is 12.0. The molecule has 2 aliphatic rings. The molecular formula is C18H23N3O4. The number of carbonyl (C=O) groups is 3. The first kappa shape index (κ1) is 17.3. The zero-order chi connectivity index (χ0) is 18.0. The SMILES string of the molecule is COc1cccc(NC(=O)C2(C(=O)N3CCN(C(C)=O)CC3)CC2)c1. The van der Waals surface area contributed by atoms with Crippen molar-refractivity contribution in [1.29, 1.82) is 0 Å². The molecule has 134 valence electrons. The second-order valence-electron chi connectivity index (χ2n) is 6.57. The summed E-state index contributed by atoms with van der Waals surface area (Å²) in [5, 5.41) is 2.84. The van der Waals surface area contributed by atoms with Gasteiger partial charge in [-0.05, 0) is 25.0 Å². The molecule has 2 fully saturated rings. The fourth-order valence-electron chi connectivity index (χ4n) is 3.14. The molecule has 1 aromatic carbocycles. The van der Waals surface area contributed by atoms with E-state index in [0.29, 0.717) is 50.5 Å². The number of carbonyl (C=O) groups excluding carboxylic acids is 3. The van der Waals surface area contributed by atoms with E-state index in [1.807, 2.05) is 0 Å². The highest BCUT2D eigenvalue weighted by Crippen LogP contribution is 2.48. The van der Waals surface area contributed by atoms with E-state index in [1.165, 1.54) is 6.92 Å². The van der Waals surface area contributed by atoms with Gasteiger partial charge in [0.15, 0.2) is 0 Å². The Morgan fingerprint density at radius 3 is 2.28 bits per heavy atom. The van der Waals surface area contributed by atoms with Crippen LogP contribution in [0.15, 0.2) is 24.3 Å². The van der Waals surface area contributed by atoms with Crippen LogP contribution in [0.2, 0.25) is 0 Å². The van der Waals surface area contributed by atoms with Crippen molar-refractivity contribution in [3.8, 4) is 5.75 Å². The number of nitrogens with one attached hydrogen (secondary N) is 1. The molecule has 0 bridgehead atoms. The average Bonchev–Trinajstić information content (AvgIpc) is 3.43. The first-order valence-electron chi connectivity index (χ1n) is 8.47. The Morgan fingerprint density at radius 2 is 1.72 bits per heavy atom. The van der Waals surface area contributed by atoms with Crippen LogP contribution in [0.25, 0.3) is 0 Å². The molecule has 1 saturated heterocycles. The Kier molecular flexibility index (Phi) is 4.65. The Bertz CT molecular complexity index is 691. The third kappa shape index (κ3) is 3.45. The lowest BCUT2D eigenvalue weighted by Gasteiger charge is -2.35. The summed E-state index contributed by atoms with van der Waals surface area (Å²) in [6.45, 7) is 3.53. The van der Waals surface area contributed by atoms with Crippen LogP contribution in [0.1, 0.15) is 19.8 Å². The topological polar surface area (TPSA) is 79.0 Å². The standard InChI is InChI=1S/C18H23N3O4/c1-13(22)20-8-10-21(11-9-20)17(24)18(6-7-18)16(23)19-14-4-3-5-15(12-14)25-2/h3-5,12H,6-11H2,1-2H3,(H,19,23). The third-order valence-electron chi connectivity index (χ3n) is 4.93. The van der Waals surface area contributed by atoms with Crippen molar-refractivity contribution in [1.82, 2.24) is 9.80 Å². The Balaban J connectivity index is 1.64. The molecule has 0 aromatic heterocycles. The predicted molar refractivity (Wildman–Crippen MR) is 92.1 cm³/mol. The number of nitrogens with zero attached hydrogens (tertiary/aromatic N) is 2. The van der Waals surface area contributed by atoms with E-state index in [9.17, 15) is 14.4 Å². The van der Waals surface area contributed by atoms with Crippen molar-refractivity contribution in [2.75, 3.05) is 38.6 Å². The molecule has 1 N–H and O–H groups in total. The number of anilines is 1. The van der Waals surface area contributed by atoms with E-state index >= 15 is 0 Å². The molecule has 3 amide bonds. The van der Waals surface area contributed by atoms with Crippen LogP contribution < -0.4 is 10.1 Å². The number of rotatable bonds is 4. The monoisotopic (exact) mass is 345 g/mol. The van der Waals surface area contributed by atoms with Crippen LogP contribution in [0.4, 0.5) is 5.69 Å². The van der Waals surface area contributed by atoms with Crippen molar-refractivity contribution in [2.24, 2.45) is 5.41 Å². The maximum absolute atomic E-state index is 12.9. The zero-order valence-electron chi connectivity index (χ0n) is 14.6. The highest BCUT2D eigenvalue weighted by molar-refractivity contribution is 6.13. The lowest BCUT2D eigenvalue weighted by Crippen LogP contribution is -2.53. The molecule has 0 unspecified atom stereocenters. The quantitative estimate of drug-likeness (QED) is 0.829. The minimum absolute atomic E-state index is 0.0176. The maximum Gasteiger partial charge on any atom is 0.240 e. The van der Waals surface area contributed by atoms with E-state index in [4.69, 9.17) is 4.74 Å². The van der Waals surface area contributed by atoms with Crippen molar-refractivity contribution in [3.05, 3.63) is 24.3 Å². The van der Waals surface area contributed by atoms with E-state index in [0.717, 1.165) is 0 Å². The molecule has 7 heteroatoms. The van der Waals surface area contributed by atoms with Crippen LogP contribution in [0.5, 0.6) is 5.75 Å². The van der Waals surface area contributed by atoms with E-state index in [1.54, 1.807) is 41.2 Å². The van der Waals surface area contributed by atoms with Crippen LogP contribution in [-0.4, -0.2) is 60.8 Å². The molecule has 0 spiro atoms. The normalized spacial score (nSPS) is 18.5. The molecule has 1 saturated carbocycles. The van der Waals surface area contributed by atoms with Gasteiger partial charge in [0.05, 0.1) is 7.11 Å². The molecule has 1 heterocycles. The van der Waals surface area contributed by atoms with Crippen molar-refractivity contribution >= 4 is 23.4 Å². The summed E-state index contributed by atoms with van der Waals surface area (Å²) in [5.74, 6) is 0.272. The number of amides is 3. The number of benzene rings is 1. The van der Waals surface area contributed by atoms with Gasteiger partial charge in [-0.3, -0.25) is 14.4 Å². The number of ether oxygens (including phenoxy) is 1. The fraction of sp³-hybridized carbons (Fsp3) is 0.500. The largest absolute Gasteiger partial charge is 0.497 e. The number of piperazine rings is 1. The highest BCUT2D eigenvalue weighted by atomic mass is 16.5. The van der Waals surface area contributed by atoms with Gasteiger partial charge in [0.25, 0.3) is 0 Å². The van der Waals surface area contributed by atoms with Gasteiger partial charge in [0, 0.05) is 44.9 Å². The van der Waals surface area contributed by atoms with Crippen molar-refractivity contribution < 1.29 is 19.1 Å². The lowest BCUT2D eigenvalue weighted by molar-refractivity contribution is -0.146. The number of hydrogen-bond donors (Lipinski definition) is 1. The van der Waals surface area contributed by atoms with Crippen LogP contribution in [-0.2, 0) is 14.4 Å². The summed E-state index contributed by atoms with van der Waals surface area (Å²) in [7, 11) is 1.56. The molecule has 3 rings (SSSR count). The third-order valence-corrected chi connectivity index (χ3v) is 4.93. The minimum atomic E-state index is -0.957. The Morgan fingerprint density at radius 1 is 1.08 bits per heavy atom. The minimum Gasteiger partial charge on any atom is -0.497 e. The number of hydrogen-bond acceptors (Lipinski definition) is 4. The van der Waals surface area contributed by atoms with Gasteiger partial charge in [-0.25, -0.2) is 0 Å². The van der Waals surface area contributed by atoms with Crippen molar-refractivity contribution in [3.63, 3.8) is 0 Å². The van der Waals surface area contributed by atoms with Crippen LogP contribution in [0.3, 0.4) is 0 Å². The summed E-state index contributed by atoms with van der Waals surface area (Å²) in [6, 6.07) is 7.08. The molecular weight excluding hydrogens is 322 g/mol. The molecule has 1 aromatic rings. The molecule has 25 heavy (non-hydrogen) atoms. The average molecular weight is 345 g/mol. The summed E-state index contributed by atoms with van der Waals surface area (Å²) in [4.78, 5) is 40.4. The molecule has 7 nitrogen and oxygen atoms in total. The maximum atomic E-state index is 12.9. The molecule has 0 atom stereocenters. The lowest BCUT2D eigenvalue weighted by atomic mass is 10.0. The Hall–Kier alpha value is -2.57. The Labute approximate surface area is 146 Å². The van der Waals surface area contributed by atoms with Crippen molar-refractivity contribution in [2.45, 2.75) is 19.8 Å². The second-order valence-corrected chi connectivity index (χ2v) is 6.57. The summed E-state index contributed by atoms with van der Waals surface area (Å²) in [6.07, 6.45) is 1.13. The van der Waals surface area contributed by atoms with E-state index < -0.39 is 5.41 Å². The molecule has 1 aliphatic carbocycles. The first-order valence-corrected chi connectivity index (χ1v) is 8.47. The van der Waals surface area contributed by atoms with Crippen LogP contribution in [0, 0.1) is 5.41 Å². The van der Waals surface area contributed by atoms with Gasteiger partial charge < -0.3 is 19.9 Å². The fourth-order valence-corrected chi connectivity index (χ4v) is 3.14. The zero-order valence-corrected chi connectivity index (χ0v) is 14.6. The van der Waals surface area contributed by atoms with Gasteiger partial charge in [-0.2, -0.15) is 0 Å². The summed E-state index contributed by atoms with van der Waals surface area (Å²) < 4.78 is 5.15. The smallest absolute Gasteiger partial charge is 0.240 e. The van der Waals surface area contributed by atoms with Gasteiger partial charge in [-0.1, -0.05) is 6.07 Å². The molecule has 1 aliphatic heterocycles. The van der Waals surface area contributed by atoms with Crippen LogP contribution >= 0.6 is 0 Å². The summed E-state index contributed by atoms with van der Waals surface area (Å²) in [5.41, 5.74) is -0.341.